The van der Waals surface area contributed by atoms with Gasteiger partial charge in [0.1, 0.15) is 0 Å². The van der Waals surface area contributed by atoms with Gasteiger partial charge in [0.15, 0.2) is 0 Å². The van der Waals surface area contributed by atoms with Crippen LogP contribution in [-0.2, 0) is 9.53 Å². The zero-order valence-corrected chi connectivity index (χ0v) is 20.1. The lowest BCUT2D eigenvalue weighted by molar-refractivity contribution is -0.225. The van der Waals surface area contributed by atoms with Gasteiger partial charge in [-0.2, -0.15) is 0 Å². The molecule has 29 heavy (non-hydrogen) atoms. The van der Waals surface area contributed by atoms with Crippen molar-refractivity contribution in [1.82, 2.24) is 0 Å². The molecule has 1 aliphatic rings. The summed E-state index contributed by atoms with van der Waals surface area (Å²) in [5, 5.41) is 21.2. The number of unbranched alkanes of at least 4 members (excludes halogenated alkanes) is 4. The summed E-state index contributed by atoms with van der Waals surface area (Å²) in [6, 6.07) is 0. The lowest BCUT2D eigenvalue weighted by atomic mass is 9.87. The molecule has 0 aromatic rings. The summed E-state index contributed by atoms with van der Waals surface area (Å²) in [6.45, 7) is 4.09. The predicted octanol–water partition coefficient (Wildman–Crippen LogP) is 5.77. The smallest absolute Gasteiger partial charge is 0.366 e. The average molecular weight is 473 g/mol. The van der Waals surface area contributed by atoms with Crippen LogP contribution in [0.25, 0.3) is 0 Å². The molecule has 5 heteroatoms. The van der Waals surface area contributed by atoms with E-state index in [1.165, 1.54) is 52.1 Å². The fourth-order valence-electron chi connectivity index (χ4n) is 4.37. The minimum Gasteiger partial charge on any atom is -0.465 e. The van der Waals surface area contributed by atoms with Gasteiger partial charge in [0, 0.05) is 11.2 Å². The molecule has 0 radical (unpaired) electrons. The molecule has 1 aliphatic carbocycles. The van der Waals surface area contributed by atoms with Crippen molar-refractivity contribution >= 4 is 21.9 Å². The van der Waals surface area contributed by atoms with Gasteiger partial charge in [-0.05, 0) is 62.7 Å². The van der Waals surface area contributed by atoms with Crippen molar-refractivity contribution in [3.8, 4) is 0 Å². The van der Waals surface area contributed by atoms with Crippen LogP contribution in [0.5, 0.6) is 0 Å². The number of alkyl halides is 1. The fourth-order valence-corrected chi connectivity index (χ4v) is 5.13. The van der Waals surface area contributed by atoms with Crippen molar-refractivity contribution in [2.24, 2.45) is 23.7 Å². The maximum atomic E-state index is 11.6. The van der Waals surface area contributed by atoms with Crippen molar-refractivity contribution in [1.29, 1.82) is 0 Å². The Labute approximate surface area is 185 Å². The molecule has 0 heterocycles. The van der Waals surface area contributed by atoms with Gasteiger partial charge in [-0.25, -0.2) is 4.79 Å². The van der Waals surface area contributed by atoms with Gasteiger partial charge in [-0.1, -0.05) is 73.3 Å². The highest BCUT2D eigenvalue weighted by atomic mass is 79.9. The van der Waals surface area contributed by atoms with Gasteiger partial charge in [-0.15, -0.1) is 0 Å². The lowest BCUT2D eigenvalue weighted by Crippen LogP contribution is -2.46. The number of ether oxygens (including phenoxy) is 1. The maximum absolute atomic E-state index is 11.6. The van der Waals surface area contributed by atoms with E-state index >= 15 is 0 Å². The third-order valence-corrected chi connectivity index (χ3v) is 7.18. The van der Waals surface area contributed by atoms with Gasteiger partial charge in [0.05, 0.1) is 7.11 Å². The number of hydrogen-bond donors (Lipinski definition) is 2. The first kappa shape index (κ1) is 26.4. The Kier molecular flexibility index (Phi) is 13.1. The summed E-state index contributed by atoms with van der Waals surface area (Å²) >= 11 is 3.69. The maximum Gasteiger partial charge on any atom is 0.366 e. The molecule has 1 saturated carbocycles. The number of aliphatic hydroxyl groups is 2. The quantitative estimate of drug-likeness (QED) is 0.111. The van der Waals surface area contributed by atoms with E-state index in [0.29, 0.717) is 30.6 Å². The molecule has 168 valence electrons. The molecule has 1 rings (SSSR count). The molecule has 0 bridgehead atoms. The van der Waals surface area contributed by atoms with E-state index in [9.17, 15) is 15.0 Å². The van der Waals surface area contributed by atoms with E-state index in [2.05, 4.69) is 45.8 Å². The van der Waals surface area contributed by atoms with E-state index in [-0.39, 0.29) is 0 Å². The van der Waals surface area contributed by atoms with E-state index in [4.69, 9.17) is 0 Å². The summed E-state index contributed by atoms with van der Waals surface area (Å²) in [6.07, 6.45) is 19.8. The van der Waals surface area contributed by atoms with Crippen LogP contribution < -0.4 is 0 Å². The van der Waals surface area contributed by atoms with Crippen LogP contribution in [0.4, 0.5) is 0 Å². The van der Waals surface area contributed by atoms with E-state index in [0.717, 1.165) is 11.8 Å². The summed E-state index contributed by atoms with van der Waals surface area (Å²) in [4.78, 5) is 11.6. The first-order chi connectivity index (χ1) is 13.9. The Hall–Kier alpha value is -0.650. The minimum absolute atomic E-state index is 0.450. The minimum atomic E-state index is -2.43. The summed E-state index contributed by atoms with van der Waals surface area (Å²) in [5.41, 5.74) is 0. The standard InChI is InChI=1S/C24H41BrO4/c1-4-6-7-8-9-10-15-22-19(16-17-20(22)18-25)13-11-12-14-21(5-2)24(27,28)23(26)29-3/h10-12,15,19-22,27-28H,4-9,13-14,16-18H2,1-3H3/b12-11-,15-10+/t19-,20-,21?,22+/m0/s1. The monoisotopic (exact) mass is 472 g/mol. The number of rotatable bonds is 14. The molecule has 4 nitrogen and oxygen atoms in total. The third-order valence-electron chi connectivity index (χ3n) is 6.35. The van der Waals surface area contributed by atoms with Gasteiger partial charge in [0.2, 0.25) is 0 Å². The van der Waals surface area contributed by atoms with Crippen molar-refractivity contribution < 1.29 is 19.7 Å². The van der Waals surface area contributed by atoms with Crippen LogP contribution in [-0.4, -0.2) is 34.4 Å². The first-order valence-electron chi connectivity index (χ1n) is 11.3. The van der Waals surface area contributed by atoms with Crippen molar-refractivity contribution in [2.45, 2.75) is 83.8 Å². The molecule has 1 unspecified atom stereocenters. The number of carbonyl (C=O) groups is 1. The van der Waals surface area contributed by atoms with E-state index in [1.54, 1.807) is 0 Å². The molecule has 0 amide bonds. The molecular weight excluding hydrogens is 432 g/mol. The highest BCUT2D eigenvalue weighted by Crippen LogP contribution is 2.41. The van der Waals surface area contributed by atoms with Crippen molar-refractivity contribution in [2.75, 3.05) is 12.4 Å². The Morgan fingerprint density at radius 1 is 1.14 bits per heavy atom. The number of esters is 1. The zero-order valence-electron chi connectivity index (χ0n) is 18.5. The van der Waals surface area contributed by atoms with Crippen molar-refractivity contribution in [3.63, 3.8) is 0 Å². The molecule has 0 aromatic heterocycles. The molecule has 0 saturated heterocycles. The van der Waals surface area contributed by atoms with E-state index < -0.39 is 17.7 Å². The second kappa shape index (κ2) is 14.4. The number of methoxy groups -OCH3 is 1. The molecule has 4 atom stereocenters. The number of halogens is 1. The average Bonchev–Trinajstić information content (AvgIpc) is 3.11. The predicted molar refractivity (Wildman–Crippen MR) is 123 cm³/mol. The van der Waals surface area contributed by atoms with Crippen LogP contribution in [0, 0.1) is 23.7 Å². The molecular formula is C24H41BrO4. The van der Waals surface area contributed by atoms with Crippen LogP contribution in [0.15, 0.2) is 24.3 Å². The van der Waals surface area contributed by atoms with Crippen LogP contribution in [0.3, 0.4) is 0 Å². The lowest BCUT2D eigenvalue weighted by Gasteiger charge is -2.27. The van der Waals surface area contributed by atoms with Gasteiger partial charge in [0.25, 0.3) is 5.79 Å². The highest BCUT2D eigenvalue weighted by Gasteiger charge is 2.41. The van der Waals surface area contributed by atoms with Crippen molar-refractivity contribution in [3.05, 3.63) is 24.3 Å². The third kappa shape index (κ3) is 8.55. The number of hydrogen-bond acceptors (Lipinski definition) is 4. The van der Waals surface area contributed by atoms with Crippen LogP contribution in [0.1, 0.15) is 78.1 Å². The highest BCUT2D eigenvalue weighted by molar-refractivity contribution is 9.09. The topological polar surface area (TPSA) is 66.8 Å². The van der Waals surface area contributed by atoms with E-state index in [1.807, 2.05) is 13.0 Å². The molecule has 1 fully saturated rings. The summed E-state index contributed by atoms with van der Waals surface area (Å²) < 4.78 is 4.52. The molecule has 0 aromatic carbocycles. The normalized spacial score (nSPS) is 23.9. The van der Waals surface area contributed by atoms with Gasteiger partial charge < -0.3 is 14.9 Å². The zero-order chi connectivity index (χ0) is 21.7. The largest absolute Gasteiger partial charge is 0.465 e. The SMILES string of the molecule is CCCCCC/C=C/[C@H]1[C@H](CBr)CC[C@@H]1C/C=C\CC(CC)C(O)(O)C(=O)OC. The van der Waals surface area contributed by atoms with Gasteiger partial charge in [-0.3, -0.25) is 0 Å². The molecule has 0 spiro atoms. The Morgan fingerprint density at radius 3 is 2.48 bits per heavy atom. The van der Waals surface area contributed by atoms with Crippen LogP contribution >= 0.6 is 15.9 Å². The Morgan fingerprint density at radius 2 is 1.86 bits per heavy atom. The van der Waals surface area contributed by atoms with Crippen LogP contribution in [0.2, 0.25) is 0 Å². The Bertz CT molecular complexity index is 515. The number of allylic oxidation sites excluding steroid dienone is 4. The first-order valence-corrected chi connectivity index (χ1v) is 12.4. The summed E-state index contributed by atoms with van der Waals surface area (Å²) in [7, 11) is 1.17. The summed E-state index contributed by atoms with van der Waals surface area (Å²) in [5.74, 6) is -2.04. The number of carbonyl (C=O) groups excluding carboxylic acids is 1. The Balaban J connectivity index is 2.56. The molecule has 0 aliphatic heterocycles. The second-order valence-electron chi connectivity index (χ2n) is 8.37. The van der Waals surface area contributed by atoms with Gasteiger partial charge >= 0.3 is 5.97 Å². The fraction of sp³-hybridized carbons (Fsp3) is 0.792. The second-order valence-corrected chi connectivity index (χ2v) is 9.02. The molecule has 2 N–H and O–H groups in total.